The van der Waals surface area contributed by atoms with E-state index in [1.165, 1.54) is 6.33 Å². The molecule has 8 heteroatoms. The van der Waals surface area contributed by atoms with Crippen molar-refractivity contribution in [2.24, 2.45) is 0 Å². The zero-order valence-corrected chi connectivity index (χ0v) is 14.2. The molecule has 1 aromatic heterocycles. The van der Waals surface area contributed by atoms with E-state index >= 15 is 0 Å². The van der Waals surface area contributed by atoms with Crippen molar-refractivity contribution in [3.8, 4) is 0 Å². The van der Waals surface area contributed by atoms with Crippen molar-refractivity contribution in [2.75, 3.05) is 12.9 Å². The van der Waals surface area contributed by atoms with E-state index in [9.17, 15) is 5.11 Å². The molecule has 1 aliphatic heterocycles. The van der Waals surface area contributed by atoms with Crippen molar-refractivity contribution in [3.05, 3.63) is 40.4 Å². The Kier molecular flexibility index (Phi) is 4.66. The summed E-state index contributed by atoms with van der Waals surface area (Å²) in [7, 11) is 0. The minimum Gasteiger partial charge on any atom is -0.391 e. The number of halogens is 2. The number of hydrogen-bond donors (Lipinski definition) is 1. The second kappa shape index (κ2) is 6.37. The van der Waals surface area contributed by atoms with Gasteiger partial charge >= 0.3 is 0 Å². The van der Waals surface area contributed by atoms with E-state index in [2.05, 4.69) is 10.1 Å². The van der Waals surface area contributed by atoms with Gasteiger partial charge in [0.05, 0.1) is 24.3 Å². The van der Waals surface area contributed by atoms with Crippen LogP contribution in [0.5, 0.6) is 0 Å². The fraction of sp³-hybridized carbons (Fsp3) is 0.429. The molecule has 3 rings (SSSR count). The van der Waals surface area contributed by atoms with Crippen LogP contribution in [0.2, 0.25) is 10.0 Å². The third kappa shape index (κ3) is 2.98. The predicted molar refractivity (Wildman–Crippen MR) is 86.5 cm³/mol. The number of nitrogens with zero attached hydrogens (tertiary/aromatic N) is 3. The van der Waals surface area contributed by atoms with Crippen LogP contribution in [0.15, 0.2) is 29.7 Å². The molecular formula is C14H15Cl2N3O2S. The Bertz CT molecular complexity index is 668. The number of benzene rings is 1. The average molecular weight is 360 g/mol. The fourth-order valence-corrected chi connectivity index (χ4v) is 4.02. The summed E-state index contributed by atoms with van der Waals surface area (Å²) in [6.45, 7) is 0.696. The molecule has 0 saturated carbocycles. The molecule has 1 aromatic carbocycles. The molecule has 22 heavy (non-hydrogen) atoms. The molecule has 5 nitrogen and oxygen atoms in total. The van der Waals surface area contributed by atoms with Gasteiger partial charge in [-0.3, -0.25) is 0 Å². The van der Waals surface area contributed by atoms with Crippen molar-refractivity contribution in [1.29, 1.82) is 0 Å². The summed E-state index contributed by atoms with van der Waals surface area (Å²) in [4.78, 5) is 4.87. The number of aromatic nitrogens is 3. The number of aliphatic hydroxyl groups excluding tert-OH is 1. The molecule has 0 radical (unpaired) electrons. The molecule has 2 atom stereocenters. The Morgan fingerprint density at radius 1 is 1.45 bits per heavy atom. The first-order valence-corrected chi connectivity index (χ1v) is 8.70. The quantitative estimate of drug-likeness (QED) is 0.850. The highest BCUT2D eigenvalue weighted by Crippen LogP contribution is 2.44. The van der Waals surface area contributed by atoms with Gasteiger partial charge in [-0.2, -0.15) is 5.10 Å². The van der Waals surface area contributed by atoms with Crippen LogP contribution in [0.4, 0.5) is 0 Å². The summed E-state index contributed by atoms with van der Waals surface area (Å²) in [5.74, 6) is 0. The van der Waals surface area contributed by atoms with Gasteiger partial charge in [0.25, 0.3) is 0 Å². The van der Waals surface area contributed by atoms with E-state index in [0.717, 1.165) is 10.5 Å². The smallest absolute Gasteiger partial charge is 0.137 e. The van der Waals surface area contributed by atoms with Gasteiger partial charge in [-0.1, -0.05) is 23.2 Å². The van der Waals surface area contributed by atoms with Crippen molar-refractivity contribution in [3.63, 3.8) is 0 Å². The van der Waals surface area contributed by atoms with Gasteiger partial charge in [0, 0.05) is 21.9 Å². The SMILES string of the molecule is CSc1cc(C2(Cn3cncn3)CC(O)CO2)c(Cl)cc1Cl. The van der Waals surface area contributed by atoms with Crippen LogP contribution in [0.3, 0.4) is 0 Å². The van der Waals surface area contributed by atoms with Crippen LogP contribution < -0.4 is 0 Å². The van der Waals surface area contributed by atoms with Gasteiger partial charge in [-0.25, -0.2) is 9.67 Å². The van der Waals surface area contributed by atoms with E-state index < -0.39 is 11.7 Å². The highest BCUT2D eigenvalue weighted by Gasteiger charge is 2.43. The number of aliphatic hydroxyl groups is 1. The molecule has 0 bridgehead atoms. The standard InChI is InChI=1S/C14H15Cl2N3O2S/c1-22-13-2-10(11(15)3-12(13)16)14(4-9(20)5-21-14)6-19-8-17-7-18-19/h2-3,7-9,20H,4-6H2,1H3. The summed E-state index contributed by atoms with van der Waals surface area (Å²) < 4.78 is 7.64. The molecule has 1 N–H and O–H groups in total. The number of thioether (sulfide) groups is 1. The molecule has 0 spiro atoms. The molecule has 2 unspecified atom stereocenters. The minimum atomic E-state index is -0.737. The molecule has 118 valence electrons. The van der Waals surface area contributed by atoms with E-state index in [0.29, 0.717) is 23.0 Å². The first kappa shape index (κ1) is 16.1. The molecule has 1 fully saturated rings. The van der Waals surface area contributed by atoms with Crippen LogP contribution in [0, 0.1) is 0 Å². The molecular weight excluding hydrogens is 345 g/mol. The third-order valence-corrected chi connectivity index (χ3v) is 5.25. The molecule has 1 saturated heterocycles. The number of rotatable bonds is 4. The molecule has 2 aromatic rings. The van der Waals surface area contributed by atoms with E-state index in [1.54, 1.807) is 28.8 Å². The molecule has 2 heterocycles. The van der Waals surface area contributed by atoms with Crippen LogP contribution in [0.25, 0.3) is 0 Å². The maximum absolute atomic E-state index is 9.98. The van der Waals surface area contributed by atoms with Crippen molar-refractivity contribution in [1.82, 2.24) is 14.8 Å². The molecule has 0 amide bonds. The first-order chi connectivity index (χ1) is 10.5. The monoisotopic (exact) mass is 359 g/mol. The molecule has 0 aliphatic carbocycles. The summed E-state index contributed by atoms with van der Waals surface area (Å²) in [5, 5.41) is 15.2. The molecule has 1 aliphatic rings. The zero-order chi connectivity index (χ0) is 15.7. The lowest BCUT2D eigenvalue weighted by Gasteiger charge is -2.30. The van der Waals surface area contributed by atoms with Crippen LogP contribution in [-0.2, 0) is 16.9 Å². The van der Waals surface area contributed by atoms with Crippen molar-refractivity contribution in [2.45, 2.75) is 29.6 Å². The van der Waals surface area contributed by atoms with Gasteiger partial charge in [0.1, 0.15) is 18.3 Å². The van der Waals surface area contributed by atoms with Crippen LogP contribution in [-0.4, -0.2) is 38.8 Å². The highest BCUT2D eigenvalue weighted by atomic mass is 35.5. The average Bonchev–Trinajstić information content (AvgIpc) is 3.10. The second-order valence-corrected chi connectivity index (χ2v) is 6.89. The van der Waals surface area contributed by atoms with E-state index in [4.69, 9.17) is 27.9 Å². The highest BCUT2D eigenvalue weighted by molar-refractivity contribution is 7.98. The normalized spacial score (nSPS) is 24.8. The van der Waals surface area contributed by atoms with E-state index in [-0.39, 0.29) is 6.61 Å². The number of hydrogen-bond acceptors (Lipinski definition) is 5. The maximum atomic E-state index is 9.98. The van der Waals surface area contributed by atoms with Gasteiger partial charge in [-0.05, 0) is 18.4 Å². The lowest BCUT2D eigenvalue weighted by Crippen LogP contribution is -2.32. The summed E-state index contributed by atoms with van der Waals surface area (Å²) >= 11 is 14.2. The Morgan fingerprint density at radius 2 is 2.27 bits per heavy atom. The largest absolute Gasteiger partial charge is 0.391 e. The predicted octanol–water partition coefficient (Wildman–Crippen LogP) is 2.98. The Labute approximate surface area is 142 Å². The van der Waals surface area contributed by atoms with Crippen LogP contribution in [0.1, 0.15) is 12.0 Å². The Hall–Kier alpha value is -0.790. The van der Waals surface area contributed by atoms with E-state index in [1.807, 2.05) is 12.3 Å². The van der Waals surface area contributed by atoms with Crippen molar-refractivity contribution >= 4 is 35.0 Å². The Balaban J connectivity index is 2.06. The van der Waals surface area contributed by atoms with Crippen LogP contribution >= 0.6 is 35.0 Å². The van der Waals surface area contributed by atoms with Gasteiger partial charge < -0.3 is 9.84 Å². The maximum Gasteiger partial charge on any atom is 0.137 e. The topological polar surface area (TPSA) is 60.2 Å². The number of ether oxygens (including phenoxy) is 1. The minimum absolute atomic E-state index is 0.266. The third-order valence-electron chi connectivity index (χ3n) is 3.73. The lowest BCUT2D eigenvalue weighted by molar-refractivity contribution is -0.0191. The van der Waals surface area contributed by atoms with Crippen molar-refractivity contribution < 1.29 is 9.84 Å². The fourth-order valence-electron chi connectivity index (χ4n) is 2.75. The Morgan fingerprint density at radius 3 is 2.86 bits per heavy atom. The van der Waals surface area contributed by atoms with Gasteiger partial charge in [-0.15, -0.1) is 11.8 Å². The second-order valence-electron chi connectivity index (χ2n) is 5.22. The van der Waals surface area contributed by atoms with Gasteiger partial charge in [0.15, 0.2) is 0 Å². The zero-order valence-electron chi connectivity index (χ0n) is 11.9. The summed E-state index contributed by atoms with van der Waals surface area (Å²) in [6, 6.07) is 3.66. The first-order valence-electron chi connectivity index (χ1n) is 6.72. The summed E-state index contributed by atoms with van der Waals surface area (Å²) in [6.07, 6.45) is 4.95. The summed E-state index contributed by atoms with van der Waals surface area (Å²) in [5.41, 5.74) is 0.0779. The van der Waals surface area contributed by atoms with Gasteiger partial charge in [0.2, 0.25) is 0 Å². The lowest BCUT2D eigenvalue weighted by atomic mass is 9.90.